The van der Waals surface area contributed by atoms with E-state index < -0.39 is 17.6 Å². The molecule has 1 aromatic carbocycles. The van der Waals surface area contributed by atoms with Crippen molar-refractivity contribution in [1.82, 2.24) is 4.98 Å². The number of carboxylic acids is 1. The minimum Gasteiger partial charge on any atom is -0.478 e. The number of carbonyl (C=O) groups is 1. The van der Waals surface area contributed by atoms with Gasteiger partial charge in [0.15, 0.2) is 0 Å². The van der Waals surface area contributed by atoms with Crippen LogP contribution in [-0.4, -0.2) is 16.1 Å². The molecule has 0 bridgehead atoms. The van der Waals surface area contributed by atoms with E-state index in [0.29, 0.717) is 0 Å². The minimum atomic E-state index is -1.13. The number of carboxylic acid groups (broad SMARTS) is 1. The van der Waals surface area contributed by atoms with Gasteiger partial charge in [-0.05, 0) is 40.2 Å². The Bertz CT molecular complexity index is 667. The molecule has 0 aliphatic carbocycles. The van der Waals surface area contributed by atoms with Gasteiger partial charge in [0.05, 0.1) is 10.0 Å². The highest BCUT2D eigenvalue weighted by Crippen LogP contribution is 2.29. The average Bonchev–Trinajstić information content (AvgIpc) is 2.43. The number of pyridine rings is 1. The van der Waals surface area contributed by atoms with E-state index in [0.717, 1.165) is 17.8 Å². The van der Waals surface area contributed by atoms with Crippen molar-refractivity contribution >= 4 is 33.7 Å². The summed E-state index contributed by atoms with van der Waals surface area (Å²) >= 11 is 3.96. The zero-order chi connectivity index (χ0) is 14.7. The van der Waals surface area contributed by atoms with Gasteiger partial charge in [0.25, 0.3) is 0 Å². The van der Waals surface area contributed by atoms with Crippen LogP contribution in [-0.2, 0) is 5.75 Å². The predicted molar refractivity (Wildman–Crippen MR) is 74.8 cm³/mol. The minimum absolute atomic E-state index is 0.00770. The normalized spacial score (nSPS) is 10.6. The fourth-order valence-electron chi connectivity index (χ4n) is 1.51. The fraction of sp³-hybridized carbons (Fsp3) is 0.0769. The SMILES string of the molecule is O=C(O)c1cccnc1SCc1c(F)ccc(Br)c1F. The van der Waals surface area contributed by atoms with E-state index >= 15 is 0 Å². The van der Waals surface area contributed by atoms with Crippen molar-refractivity contribution in [2.24, 2.45) is 0 Å². The van der Waals surface area contributed by atoms with Gasteiger partial charge in [-0.2, -0.15) is 0 Å². The second-order valence-electron chi connectivity index (χ2n) is 3.77. The largest absolute Gasteiger partial charge is 0.478 e. The first-order valence-electron chi connectivity index (χ1n) is 5.44. The molecule has 0 amide bonds. The summed E-state index contributed by atoms with van der Waals surface area (Å²) in [5.41, 5.74) is -0.111. The van der Waals surface area contributed by atoms with Crippen LogP contribution in [0.4, 0.5) is 8.78 Å². The highest BCUT2D eigenvalue weighted by atomic mass is 79.9. The van der Waals surface area contributed by atoms with Crippen molar-refractivity contribution in [3.8, 4) is 0 Å². The molecule has 3 nitrogen and oxygen atoms in total. The zero-order valence-corrected chi connectivity index (χ0v) is 12.3. The van der Waals surface area contributed by atoms with Crippen molar-refractivity contribution in [2.75, 3.05) is 0 Å². The van der Waals surface area contributed by atoms with Crippen molar-refractivity contribution in [2.45, 2.75) is 10.8 Å². The molecular formula is C13H8BrF2NO2S. The summed E-state index contributed by atoms with van der Waals surface area (Å²) in [5.74, 6) is -2.54. The van der Waals surface area contributed by atoms with E-state index in [-0.39, 0.29) is 26.4 Å². The summed E-state index contributed by atoms with van der Waals surface area (Å²) in [6, 6.07) is 5.32. The Balaban J connectivity index is 2.26. The predicted octanol–water partition coefficient (Wildman–Crippen LogP) is 4.11. The third kappa shape index (κ3) is 3.16. The number of rotatable bonds is 4. The quantitative estimate of drug-likeness (QED) is 0.659. The molecule has 1 heterocycles. The Morgan fingerprint density at radius 2 is 2.10 bits per heavy atom. The van der Waals surface area contributed by atoms with E-state index in [1.165, 1.54) is 24.4 Å². The third-order valence-corrected chi connectivity index (χ3v) is 4.14. The molecule has 1 N–H and O–H groups in total. The smallest absolute Gasteiger partial charge is 0.338 e. The van der Waals surface area contributed by atoms with Crippen molar-refractivity contribution in [3.05, 3.63) is 57.7 Å². The van der Waals surface area contributed by atoms with Gasteiger partial charge < -0.3 is 5.11 Å². The lowest BCUT2D eigenvalue weighted by molar-refractivity contribution is 0.0692. The van der Waals surface area contributed by atoms with Gasteiger partial charge in [-0.1, -0.05) is 0 Å². The number of aromatic carboxylic acids is 1. The molecule has 0 saturated heterocycles. The average molecular weight is 360 g/mol. The summed E-state index contributed by atoms with van der Waals surface area (Å²) < 4.78 is 27.5. The maximum Gasteiger partial charge on any atom is 0.338 e. The highest BCUT2D eigenvalue weighted by Gasteiger charge is 2.16. The van der Waals surface area contributed by atoms with Crippen LogP contribution in [0.5, 0.6) is 0 Å². The molecule has 0 radical (unpaired) electrons. The molecule has 0 aliphatic rings. The number of aromatic nitrogens is 1. The van der Waals surface area contributed by atoms with E-state index in [4.69, 9.17) is 5.11 Å². The molecule has 104 valence electrons. The molecule has 0 spiro atoms. The van der Waals surface area contributed by atoms with Gasteiger partial charge in [-0.3, -0.25) is 0 Å². The summed E-state index contributed by atoms with van der Waals surface area (Å²) in [6.45, 7) is 0. The van der Waals surface area contributed by atoms with E-state index in [9.17, 15) is 13.6 Å². The monoisotopic (exact) mass is 359 g/mol. The first-order chi connectivity index (χ1) is 9.50. The molecule has 0 aliphatic heterocycles. The molecule has 0 fully saturated rings. The third-order valence-electron chi connectivity index (χ3n) is 2.49. The first-order valence-corrected chi connectivity index (χ1v) is 7.22. The van der Waals surface area contributed by atoms with E-state index in [1.807, 2.05) is 0 Å². The number of halogens is 3. The molecule has 2 rings (SSSR count). The summed E-state index contributed by atoms with van der Waals surface area (Å²) in [6.07, 6.45) is 1.43. The van der Waals surface area contributed by atoms with Crippen molar-refractivity contribution < 1.29 is 18.7 Å². The van der Waals surface area contributed by atoms with Gasteiger partial charge in [-0.15, -0.1) is 11.8 Å². The second-order valence-corrected chi connectivity index (χ2v) is 5.59. The van der Waals surface area contributed by atoms with Gasteiger partial charge in [0, 0.05) is 17.5 Å². The Hall–Kier alpha value is -1.47. The molecule has 0 saturated carbocycles. The first kappa shape index (κ1) is 14.9. The molecule has 7 heteroatoms. The van der Waals surface area contributed by atoms with Crippen LogP contribution >= 0.6 is 27.7 Å². The van der Waals surface area contributed by atoms with E-state index in [1.54, 1.807) is 0 Å². The van der Waals surface area contributed by atoms with Crippen LogP contribution in [0.3, 0.4) is 0 Å². The van der Waals surface area contributed by atoms with Gasteiger partial charge >= 0.3 is 5.97 Å². The van der Waals surface area contributed by atoms with E-state index in [2.05, 4.69) is 20.9 Å². The second kappa shape index (κ2) is 6.32. The van der Waals surface area contributed by atoms with Crippen molar-refractivity contribution in [1.29, 1.82) is 0 Å². The lowest BCUT2D eigenvalue weighted by Crippen LogP contribution is -2.01. The fourth-order valence-corrected chi connectivity index (χ4v) is 2.87. The number of hydrogen-bond acceptors (Lipinski definition) is 3. The van der Waals surface area contributed by atoms with Crippen LogP contribution in [0, 0.1) is 11.6 Å². The van der Waals surface area contributed by atoms with Crippen molar-refractivity contribution in [3.63, 3.8) is 0 Å². The molecular weight excluding hydrogens is 352 g/mol. The number of nitrogens with zero attached hydrogens (tertiary/aromatic N) is 1. The molecule has 20 heavy (non-hydrogen) atoms. The number of hydrogen-bond donors (Lipinski definition) is 1. The lowest BCUT2D eigenvalue weighted by Gasteiger charge is -2.07. The molecule has 2 aromatic rings. The van der Waals surface area contributed by atoms with Gasteiger partial charge in [-0.25, -0.2) is 18.6 Å². The maximum atomic E-state index is 13.8. The maximum absolute atomic E-state index is 13.8. The van der Waals surface area contributed by atoms with Crippen LogP contribution in [0.2, 0.25) is 0 Å². The Labute approximate surface area is 126 Å². The lowest BCUT2D eigenvalue weighted by atomic mass is 10.2. The van der Waals surface area contributed by atoms with Crippen LogP contribution < -0.4 is 0 Å². The number of benzene rings is 1. The summed E-state index contributed by atoms with van der Waals surface area (Å²) in [7, 11) is 0. The Morgan fingerprint density at radius 3 is 2.80 bits per heavy atom. The highest BCUT2D eigenvalue weighted by molar-refractivity contribution is 9.10. The van der Waals surface area contributed by atoms with Crippen LogP contribution in [0.25, 0.3) is 0 Å². The van der Waals surface area contributed by atoms with Crippen LogP contribution in [0.1, 0.15) is 15.9 Å². The van der Waals surface area contributed by atoms with Crippen LogP contribution in [0.15, 0.2) is 40.0 Å². The molecule has 0 atom stereocenters. The van der Waals surface area contributed by atoms with Gasteiger partial charge in [0.2, 0.25) is 0 Å². The standard InChI is InChI=1S/C13H8BrF2NO2S/c14-9-3-4-10(15)8(11(9)16)6-20-12-7(13(18)19)2-1-5-17-12/h1-5H,6H2,(H,18,19). The zero-order valence-electron chi connectivity index (χ0n) is 9.94. The Kier molecular flexibility index (Phi) is 4.72. The number of thioether (sulfide) groups is 1. The topological polar surface area (TPSA) is 50.2 Å². The molecule has 0 unspecified atom stereocenters. The molecule has 1 aromatic heterocycles. The summed E-state index contributed by atoms with van der Waals surface area (Å²) in [5, 5.41) is 9.23. The Morgan fingerprint density at radius 1 is 1.35 bits per heavy atom. The summed E-state index contributed by atoms with van der Waals surface area (Å²) in [4.78, 5) is 14.9. The van der Waals surface area contributed by atoms with Gasteiger partial charge in [0.1, 0.15) is 16.7 Å².